The minimum atomic E-state index is -0.581. The topological polar surface area (TPSA) is 164 Å². The molecule has 0 atom stereocenters. The molecule has 3 N–H and O–H groups in total. The standard InChI is InChI=1S/C26H28N4O8/c1-26(2,3)37-25(34)30-10-8-15(9-11-30)27-24(33)19-14-22(38-29-19)23-20(32)12-17(31)13-21(23)36-18-6-4-16(28-35)5-7-18/h4-7,12-15,31-32H,8-11H2,1-3H3,(H,27,33). The van der Waals surface area contributed by atoms with Crippen LogP contribution in [0.3, 0.4) is 0 Å². The van der Waals surface area contributed by atoms with E-state index in [1.54, 1.807) is 25.7 Å². The third-order valence-electron chi connectivity index (χ3n) is 5.71. The van der Waals surface area contributed by atoms with Gasteiger partial charge in [-0.2, -0.15) is 0 Å². The van der Waals surface area contributed by atoms with Gasteiger partial charge in [0.15, 0.2) is 11.5 Å². The smallest absolute Gasteiger partial charge is 0.410 e. The van der Waals surface area contributed by atoms with E-state index in [-0.39, 0.29) is 52.1 Å². The molecule has 0 aliphatic carbocycles. The number of piperidine rings is 1. The Morgan fingerprint density at radius 1 is 1.11 bits per heavy atom. The lowest BCUT2D eigenvalue weighted by molar-refractivity contribution is 0.0199. The molecule has 1 aliphatic rings. The number of carbonyl (C=O) groups excluding carboxylic acids is 2. The minimum Gasteiger partial charge on any atom is -0.508 e. The van der Waals surface area contributed by atoms with E-state index in [1.807, 2.05) is 0 Å². The number of hydrogen-bond donors (Lipinski definition) is 3. The number of phenols is 2. The number of phenolic OH excluding ortho intramolecular Hbond substituents is 2. The molecular formula is C26H28N4O8. The van der Waals surface area contributed by atoms with Gasteiger partial charge in [-0.25, -0.2) is 4.79 Å². The van der Waals surface area contributed by atoms with Gasteiger partial charge in [-0.15, -0.1) is 4.91 Å². The summed E-state index contributed by atoms with van der Waals surface area (Å²) in [7, 11) is 0. The van der Waals surface area contributed by atoms with E-state index in [9.17, 15) is 24.7 Å². The maximum atomic E-state index is 12.8. The van der Waals surface area contributed by atoms with E-state index in [1.165, 1.54) is 36.4 Å². The summed E-state index contributed by atoms with van der Waals surface area (Å²) in [6.07, 6.45) is 0.710. The molecule has 0 radical (unpaired) electrons. The molecule has 200 valence electrons. The number of ether oxygens (including phenoxy) is 2. The van der Waals surface area contributed by atoms with E-state index in [4.69, 9.17) is 14.0 Å². The van der Waals surface area contributed by atoms with Crippen LogP contribution in [0.4, 0.5) is 10.5 Å². The zero-order valence-corrected chi connectivity index (χ0v) is 21.1. The second-order valence-corrected chi connectivity index (χ2v) is 9.82. The van der Waals surface area contributed by atoms with Gasteiger partial charge in [-0.05, 0) is 63.1 Å². The first-order valence-corrected chi connectivity index (χ1v) is 12.0. The van der Waals surface area contributed by atoms with Crippen LogP contribution >= 0.6 is 0 Å². The zero-order chi connectivity index (χ0) is 27.4. The highest BCUT2D eigenvalue weighted by atomic mass is 16.6. The third-order valence-corrected chi connectivity index (χ3v) is 5.71. The number of nitrogens with one attached hydrogen (secondary N) is 1. The Morgan fingerprint density at radius 2 is 1.79 bits per heavy atom. The number of nitrogens with zero attached hydrogens (tertiary/aromatic N) is 3. The summed E-state index contributed by atoms with van der Waals surface area (Å²) in [5.74, 6) is -0.723. The summed E-state index contributed by atoms with van der Waals surface area (Å²) in [4.78, 5) is 37.3. The van der Waals surface area contributed by atoms with E-state index in [2.05, 4.69) is 15.7 Å². The number of amides is 2. The molecule has 0 unspecified atom stereocenters. The fourth-order valence-electron chi connectivity index (χ4n) is 3.91. The predicted octanol–water partition coefficient (Wildman–Crippen LogP) is 5.07. The van der Waals surface area contributed by atoms with Crippen LogP contribution < -0.4 is 10.1 Å². The molecule has 0 spiro atoms. The number of benzene rings is 2. The number of likely N-dealkylation sites (tertiary alicyclic amines) is 1. The van der Waals surface area contributed by atoms with Gasteiger partial charge < -0.3 is 34.4 Å². The van der Waals surface area contributed by atoms with Gasteiger partial charge >= 0.3 is 6.09 Å². The van der Waals surface area contributed by atoms with Crippen molar-refractivity contribution in [2.45, 2.75) is 45.3 Å². The normalized spacial score (nSPS) is 14.1. The lowest BCUT2D eigenvalue weighted by Crippen LogP contribution is -2.47. The van der Waals surface area contributed by atoms with Crippen LogP contribution in [0.5, 0.6) is 23.0 Å². The lowest BCUT2D eigenvalue weighted by Gasteiger charge is -2.33. The molecule has 12 heteroatoms. The Morgan fingerprint density at radius 3 is 2.42 bits per heavy atom. The Balaban J connectivity index is 1.44. The van der Waals surface area contributed by atoms with Crippen LogP contribution in [0.25, 0.3) is 11.3 Å². The SMILES string of the molecule is CC(C)(C)OC(=O)N1CCC(NC(=O)c2cc(-c3c(O)cc(O)cc3Oc3ccc(N=O)cc3)on2)CC1. The van der Waals surface area contributed by atoms with E-state index in [0.717, 1.165) is 6.07 Å². The summed E-state index contributed by atoms with van der Waals surface area (Å²) in [5.41, 5.74) is -0.327. The van der Waals surface area contributed by atoms with Gasteiger partial charge in [-0.1, -0.05) is 5.16 Å². The molecule has 3 aromatic rings. The van der Waals surface area contributed by atoms with Gasteiger partial charge in [-0.3, -0.25) is 4.79 Å². The number of hydrogen-bond acceptors (Lipinski definition) is 10. The van der Waals surface area contributed by atoms with Crippen molar-refractivity contribution in [1.29, 1.82) is 0 Å². The van der Waals surface area contributed by atoms with Crippen molar-refractivity contribution in [2.75, 3.05) is 13.1 Å². The molecule has 2 heterocycles. The Kier molecular flexibility index (Phi) is 7.51. The number of aromatic nitrogens is 1. The quantitative estimate of drug-likeness (QED) is 0.373. The molecule has 1 aromatic heterocycles. The molecule has 4 rings (SSSR count). The minimum absolute atomic E-state index is 0.0191. The van der Waals surface area contributed by atoms with Crippen LogP contribution in [-0.4, -0.2) is 57.0 Å². The molecule has 2 aromatic carbocycles. The lowest BCUT2D eigenvalue weighted by atomic mass is 10.0. The van der Waals surface area contributed by atoms with Crippen molar-refractivity contribution >= 4 is 17.7 Å². The molecule has 1 saturated heterocycles. The molecule has 2 amide bonds. The number of carbonyl (C=O) groups is 2. The van der Waals surface area contributed by atoms with E-state index >= 15 is 0 Å². The fourth-order valence-corrected chi connectivity index (χ4v) is 3.91. The molecule has 38 heavy (non-hydrogen) atoms. The van der Waals surface area contributed by atoms with Gasteiger partial charge in [0, 0.05) is 37.3 Å². The van der Waals surface area contributed by atoms with Crippen LogP contribution in [0.15, 0.2) is 52.2 Å². The van der Waals surface area contributed by atoms with Crippen molar-refractivity contribution in [1.82, 2.24) is 15.4 Å². The van der Waals surface area contributed by atoms with Gasteiger partial charge in [0.05, 0.1) is 0 Å². The number of nitroso groups, excluding NO2 is 1. The molecule has 0 bridgehead atoms. The van der Waals surface area contributed by atoms with Crippen LogP contribution in [-0.2, 0) is 4.74 Å². The fraction of sp³-hybridized carbons (Fsp3) is 0.346. The first-order valence-electron chi connectivity index (χ1n) is 12.0. The Bertz CT molecular complexity index is 1320. The van der Waals surface area contributed by atoms with Crippen LogP contribution in [0.1, 0.15) is 44.1 Å². The van der Waals surface area contributed by atoms with Crippen molar-refractivity contribution in [2.24, 2.45) is 5.18 Å². The first-order chi connectivity index (χ1) is 18.0. The van der Waals surface area contributed by atoms with Crippen molar-refractivity contribution < 1.29 is 33.8 Å². The van der Waals surface area contributed by atoms with E-state index < -0.39 is 11.5 Å². The molecule has 12 nitrogen and oxygen atoms in total. The second kappa shape index (κ2) is 10.8. The van der Waals surface area contributed by atoms with Crippen LogP contribution in [0, 0.1) is 4.91 Å². The molecule has 0 saturated carbocycles. The first kappa shape index (κ1) is 26.5. The molecule has 1 aliphatic heterocycles. The van der Waals surface area contributed by atoms with Crippen LogP contribution in [0.2, 0.25) is 0 Å². The largest absolute Gasteiger partial charge is 0.508 e. The highest BCUT2D eigenvalue weighted by Gasteiger charge is 2.28. The number of rotatable bonds is 6. The number of aromatic hydroxyl groups is 2. The van der Waals surface area contributed by atoms with E-state index in [0.29, 0.717) is 31.7 Å². The summed E-state index contributed by atoms with van der Waals surface area (Å²) < 4.78 is 16.5. The monoisotopic (exact) mass is 524 g/mol. The van der Waals surface area contributed by atoms with Crippen molar-refractivity contribution in [3.8, 4) is 34.3 Å². The maximum Gasteiger partial charge on any atom is 0.410 e. The van der Waals surface area contributed by atoms with Crippen molar-refractivity contribution in [3.63, 3.8) is 0 Å². The molecular weight excluding hydrogens is 496 g/mol. The average Bonchev–Trinajstić information content (AvgIpc) is 3.33. The summed E-state index contributed by atoms with van der Waals surface area (Å²) >= 11 is 0. The van der Waals surface area contributed by atoms with Gasteiger partial charge in [0.2, 0.25) is 0 Å². The third kappa shape index (κ3) is 6.38. The predicted molar refractivity (Wildman–Crippen MR) is 136 cm³/mol. The highest BCUT2D eigenvalue weighted by Crippen LogP contribution is 2.43. The Hall–Kier alpha value is -4.61. The highest BCUT2D eigenvalue weighted by molar-refractivity contribution is 5.93. The average molecular weight is 525 g/mol. The summed E-state index contributed by atoms with van der Waals surface area (Å²) in [6.45, 7) is 6.30. The zero-order valence-electron chi connectivity index (χ0n) is 21.1. The van der Waals surface area contributed by atoms with Gasteiger partial charge in [0.25, 0.3) is 5.91 Å². The van der Waals surface area contributed by atoms with Gasteiger partial charge in [0.1, 0.15) is 39.8 Å². The molecule has 1 fully saturated rings. The second-order valence-electron chi connectivity index (χ2n) is 9.82. The summed E-state index contributed by atoms with van der Waals surface area (Å²) in [6, 6.07) is 9.42. The summed E-state index contributed by atoms with van der Waals surface area (Å²) in [5, 5.41) is 30.0. The Labute approximate surface area is 218 Å². The van der Waals surface area contributed by atoms with Crippen molar-refractivity contribution in [3.05, 3.63) is 53.1 Å². The maximum absolute atomic E-state index is 12.8.